The zero-order valence-electron chi connectivity index (χ0n) is 17.3. The van der Waals surface area contributed by atoms with Crippen molar-refractivity contribution in [2.45, 2.75) is 44.3 Å². The number of hydrogen-bond acceptors (Lipinski definition) is 4. The van der Waals surface area contributed by atoms with E-state index in [-0.39, 0.29) is 18.5 Å². The lowest BCUT2D eigenvalue weighted by Gasteiger charge is -2.39. The first-order valence-corrected chi connectivity index (χ1v) is 11.5. The van der Waals surface area contributed by atoms with Gasteiger partial charge < -0.3 is 9.64 Å². The topological polar surface area (TPSA) is 32.8 Å². The number of rotatable bonds is 3. The molecule has 2 fully saturated rings. The molecule has 0 aliphatic carbocycles. The largest absolute Gasteiger partial charge is 0.434 e. The summed E-state index contributed by atoms with van der Waals surface area (Å²) in [5.41, 5.74) is -0.107. The zero-order chi connectivity index (χ0) is 24.0. The first-order valence-electron chi connectivity index (χ1n) is 10.3. The van der Waals surface area contributed by atoms with Crippen LogP contribution in [0.1, 0.15) is 24.1 Å². The fourth-order valence-corrected chi connectivity index (χ4v) is 5.86. The summed E-state index contributed by atoms with van der Waals surface area (Å²) in [7, 11) is 0. The summed E-state index contributed by atoms with van der Waals surface area (Å²) in [5, 5.41) is 1.76. The van der Waals surface area contributed by atoms with Crippen LogP contribution < -0.4 is 0 Å². The van der Waals surface area contributed by atoms with Crippen molar-refractivity contribution >= 4 is 39.1 Å². The Bertz CT molecular complexity index is 1000. The molecule has 4 rings (SSSR count). The van der Waals surface area contributed by atoms with Gasteiger partial charge in [0.25, 0.3) is 6.10 Å². The lowest BCUT2D eigenvalue weighted by atomic mass is 9.78. The summed E-state index contributed by atoms with van der Waals surface area (Å²) in [6, 6.07) is 7.85. The van der Waals surface area contributed by atoms with Gasteiger partial charge >= 0.3 is 18.4 Å². The second-order valence-corrected chi connectivity index (χ2v) is 10.3. The van der Waals surface area contributed by atoms with E-state index < -0.39 is 24.5 Å². The molecule has 2 aliphatic rings. The number of thiophene rings is 1. The van der Waals surface area contributed by atoms with Crippen molar-refractivity contribution < 1.29 is 35.9 Å². The van der Waals surface area contributed by atoms with Crippen LogP contribution in [-0.4, -0.2) is 60.5 Å². The summed E-state index contributed by atoms with van der Waals surface area (Å²) in [6.07, 6.45) is -15.3. The fourth-order valence-electron chi connectivity index (χ4n) is 4.60. The molecule has 0 saturated carbocycles. The predicted molar refractivity (Wildman–Crippen MR) is 112 cm³/mol. The molecule has 0 radical (unpaired) electrons. The molecule has 1 spiro atoms. The highest BCUT2D eigenvalue weighted by atomic mass is 35.5. The first kappa shape index (κ1) is 24.4. The smallest absolute Gasteiger partial charge is 0.426 e. The molecule has 1 amide bonds. The predicted octanol–water partition coefficient (Wildman–Crippen LogP) is 6.47. The average molecular weight is 515 g/mol. The number of nitrogens with zero attached hydrogens (tertiary/aromatic N) is 2. The number of halogens is 7. The number of alkyl halides is 6. The van der Waals surface area contributed by atoms with Crippen LogP contribution in [0.2, 0.25) is 5.02 Å². The zero-order valence-corrected chi connectivity index (χ0v) is 18.9. The van der Waals surface area contributed by atoms with Crippen molar-refractivity contribution in [1.82, 2.24) is 9.80 Å². The van der Waals surface area contributed by atoms with Crippen molar-refractivity contribution in [3.8, 4) is 0 Å². The Kier molecular flexibility index (Phi) is 6.52. The number of carbonyl (C=O) groups is 1. The van der Waals surface area contributed by atoms with E-state index in [1.54, 1.807) is 11.3 Å². The second kappa shape index (κ2) is 8.81. The molecule has 0 unspecified atom stereocenters. The average Bonchev–Trinajstić information content (AvgIpc) is 3.28. The van der Waals surface area contributed by atoms with Crippen molar-refractivity contribution in [2.24, 2.45) is 5.41 Å². The third-order valence-corrected chi connectivity index (χ3v) is 7.66. The number of piperidine rings is 1. The van der Waals surface area contributed by atoms with Crippen LogP contribution >= 0.6 is 22.9 Å². The molecule has 0 atom stereocenters. The van der Waals surface area contributed by atoms with Gasteiger partial charge in [0.05, 0.1) is 0 Å². The van der Waals surface area contributed by atoms with Gasteiger partial charge in [-0.05, 0) is 60.9 Å². The second-order valence-electron chi connectivity index (χ2n) is 8.69. The molecule has 3 heterocycles. The van der Waals surface area contributed by atoms with Crippen LogP contribution in [0.4, 0.5) is 31.1 Å². The molecule has 0 bridgehead atoms. The normalized spacial score (nSPS) is 19.7. The van der Waals surface area contributed by atoms with Crippen molar-refractivity contribution in [2.75, 3.05) is 26.2 Å². The Hall–Kier alpha value is -1.72. The van der Waals surface area contributed by atoms with Crippen LogP contribution in [0.3, 0.4) is 0 Å². The maximum absolute atomic E-state index is 12.7. The number of fused-ring (bicyclic) bond motifs is 1. The van der Waals surface area contributed by atoms with Crippen LogP contribution in [0.25, 0.3) is 10.1 Å². The lowest BCUT2D eigenvalue weighted by Crippen LogP contribution is -2.50. The molecular weight excluding hydrogens is 494 g/mol. The molecule has 182 valence electrons. The van der Waals surface area contributed by atoms with Gasteiger partial charge in [0.15, 0.2) is 0 Å². The Morgan fingerprint density at radius 2 is 1.70 bits per heavy atom. The summed E-state index contributed by atoms with van der Waals surface area (Å²) < 4.78 is 81.0. The van der Waals surface area contributed by atoms with Gasteiger partial charge in [0.2, 0.25) is 0 Å². The molecule has 0 N–H and O–H groups in total. The summed E-state index contributed by atoms with van der Waals surface area (Å²) >= 11 is 7.74. The Balaban J connectivity index is 1.32. The van der Waals surface area contributed by atoms with E-state index in [0.717, 1.165) is 41.0 Å². The number of carbonyl (C=O) groups excluding carboxylic acids is 1. The molecule has 2 saturated heterocycles. The van der Waals surface area contributed by atoms with Gasteiger partial charge in [-0.2, -0.15) is 26.3 Å². The summed E-state index contributed by atoms with van der Waals surface area (Å²) in [6.45, 7) is 2.48. The molecular formula is C21H21ClF6N2O2S. The molecule has 33 heavy (non-hydrogen) atoms. The van der Waals surface area contributed by atoms with Crippen LogP contribution in [0.15, 0.2) is 24.3 Å². The SMILES string of the molecule is O=C(OC(C(F)(F)F)C(F)(F)F)N1CCC2(CCN(Cc3cc4cc(Cl)ccc4s3)C2)CC1. The quantitative estimate of drug-likeness (QED) is 0.440. The maximum Gasteiger partial charge on any atom is 0.434 e. The fraction of sp³-hybridized carbons (Fsp3) is 0.571. The monoisotopic (exact) mass is 514 g/mol. The number of hydrogen-bond donors (Lipinski definition) is 0. The standard InChI is InChI=1S/C21H21ClF6N2O2S/c22-14-1-2-16-13(9-14)10-15(33-16)11-29-6-3-19(12-29)4-7-30(8-5-19)18(31)32-17(20(23,24)25)21(26,27)28/h1-2,9-10,17H,3-8,11-12H2. The number of likely N-dealkylation sites (tertiary alicyclic amines) is 2. The third kappa shape index (κ3) is 5.51. The molecule has 4 nitrogen and oxygen atoms in total. The maximum atomic E-state index is 12.7. The summed E-state index contributed by atoms with van der Waals surface area (Å²) in [5.74, 6) is 0. The van der Waals surface area contributed by atoms with Gasteiger partial charge in [-0.15, -0.1) is 11.3 Å². The molecule has 2 aliphatic heterocycles. The third-order valence-electron chi connectivity index (χ3n) is 6.32. The number of benzene rings is 1. The Morgan fingerprint density at radius 3 is 2.33 bits per heavy atom. The highest BCUT2D eigenvalue weighted by Gasteiger charge is 2.60. The molecule has 2 aromatic rings. The highest BCUT2D eigenvalue weighted by Crippen LogP contribution is 2.42. The van der Waals surface area contributed by atoms with Gasteiger partial charge in [-0.25, -0.2) is 4.79 Å². The van der Waals surface area contributed by atoms with Gasteiger partial charge in [-0.1, -0.05) is 11.6 Å². The molecule has 1 aromatic heterocycles. The highest BCUT2D eigenvalue weighted by molar-refractivity contribution is 7.19. The molecule has 1 aromatic carbocycles. The van der Waals surface area contributed by atoms with Crippen LogP contribution in [0.5, 0.6) is 0 Å². The van der Waals surface area contributed by atoms with E-state index in [2.05, 4.69) is 15.7 Å². The van der Waals surface area contributed by atoms with Gasteiger partial charge in [-0.3, -0.25) is 4.90 Å². The van der Waals surface area contributed by atoms with E-state index in [0.29, 0.717) is 17.9 Å². The van der Waals surface area contributed by atoms with E-state index in [4.69, 9.17) is 11.6 Å². The van der Waals surface area contributed by atoms with Gasteiger partial charge in [0.1, 0.15) is 0 Å². The van der Waals surface area contributed by atoms with Crippen LogP contribution in [-0.2, 0) is 11.3 Å². The minimum absolute atomic E-state index is 0.0660. The van der Waals surface area contributed by atoms with E-state index in [1.165, 1.54) is 4.88 Å². The minimum Gasteiger partial charge on any atom is -0.426 e. The Morgan fingerprint density at radius 1 is 1.06 bits per heavy atom. The minimum atomic E-state index is -5.71. The van der Waals surface area contributed by atoms with Crippen LogP contribution in [0, 0.1) is 5.41 Å². The molecule has 12 heteroatoms. The van der Waals surface area contributed by atoms with Crippen molar-refractivity contribution in [3.05, 3.63) is 34.2 Å². The van der Waals surface area contributed by atoms with Crippen molar-refractivity contribution in [1.29, 1.82) is 0 Å². The van der Waals surface area contributed by atoms with E-state index in [1.807, 2.05) is 18.2 Å². The van der Waals surface area contributed by atoms with E-state index >= 15 is 0 Å². The number of amides is 1. The van der Waals surface area contributed by atoms with E-state index in [9.17, 15) is 31.1 Å². The van der Waals surface area contributed by atoms with Crippen molar-refractivity contribution in [3.63, 3.8) is 0 Å². The number of ether oxygens (including phenoxy) is 1. The van der Waals surface area contributed by atoms with Gasteiger partial charge in [0, 0.05) is 40.8 Å². The summed E-state index contributed by atoms with van der Waals surface area (Å²) in [4.78, 5) is 16.4. The first-order chi connectivity index (χ1) is 15.3. The Labute approximate surface area is 195 Å². The lowest BCUT2D eigenvalue weighted by molar-refractivity contribution is -0.308.